The van der Waals surface area contributed by atoms with E-state index in [0.29, 0.717) is 0 Å². The van der Waals surface area contributed by atoms with Crippen molar-refractivity contribution in [3.8, 4) is 11.1 Å². The van der Waals surface area contributed by atoms with Crippen molar-refractivity contribution >= 4 is 17.2 Å². The summed E-state index contributed by atoms with van der Waals surface area (Å²) >= 11 is 5.49. The van der Waals surface area contributed by atoms with E-state index in [1.807, 2.05) is 6.07 Å². The van der Waals surface area contributed by atoms with E-state index in [4.69, 9.17) is 12.2 Å². The number of rotatable bonds is 4. The Labute approximate surface area is 143 Å². The maximum absolute atomic E-state index is 5.49. The molecule has 0 aliphatic rings. The zero-order chi connectivity index (χ0) is 16.1. The van der Waals surface area contributed by atoms with E-state index in [1.54, 1.807) is 0 Å². The Morgan fingerprint density at radius 1 is 0.783 bits per heavy atom. The van der Waals surface area contributed by atoms with Crippen LogP contribution in [0.1, 0.15) is 16.7 Å². The number of aryl methyl sites for hydroxylation is 1. The Morgan fingerprint density at radius 3 is 2.04 bits per heavy atom. The highest BCUT2D eigenvalue weighted by Gasteiger charge is 2.02. The zero-order valence-electron chi connectivity index (χ0n) is 13.1. The van der Waals surface area contributed by atoms with Crippen LogP contribution in [0.15, 0.2) is 78.9 Å². The third-order valence-corrected chi connectivity index (χ3v) is 4.21. The molecule has 0 saturated heterocycles. The quantitative estimate of drug-likeness (QED) is 0.670. The van der Waals surface area contributed by atoms with Gasteiger partial charge in [-0.2, -0.15) is 0 Å². The molecule has 0 aromatic heterocycles. The first-order valence-corrected chi connectivity index (χ1v) is 8.12. The molecule has 3 rings (SSSR count). The smallest absolute Gasteiger partial charge is 0.106 e. The minimum atomic E-state index is 0.750. The van der Waals surface area contributed by atoms with E-state index in [0.717, 1.165) is 17.1 Å². The highest BCUT2D eigenvalue weighted by Crippen LogP contribution is 2.19. The molecule has 0 bridgehead atoms. The number of hydrogen-bond donors (Lipinski definition) is 1. The highest BCUT2D eigenvalue weighted by molar-refractivity contribution is 7.80. The standard InChI is InChI=1S/C21H19NS/c1-16-7-9-17(10-8-16)15-22-21(23)20-13-11-19(12-14-20)18-5-3-2-4-6-18/h2-14H,15H2,1H3,(H,22,23). The molecule has 0 fully saturated rings. The Kier molecular flexibility index (Phi) is 4.84. The molecule has 3 aromatic carbocycles. The third kappa shape index (κ3) is 4.05. The summed E-state index contributed by atoms with van der Waals surface area (Å²) in [6.45, 7) is 2.84. The van der Waals surface area contributed by atoms with Crippen LogP contribution in [-0.2, 0) is 6.54 Å². The lowest BCUT2D eigenvalue weighted by molar-refractivity contribution is 0.928. The molecule has 2 heteroatoms. The second kappa shape index (κ2) is 7.21. The molecule has 0 saturated carbocycles. The molecule has 0 atom stereocenters. The lowest BCUT2D eigenvalue weighted by Gasteiger charge is -2.09. The topological polar surface area (TPSA) is 12.0 Å². The van der Waals surface area contributed by atoms with Crippen LogP contribution in [-0.4, -0.2) is 4.99 Å². The lowest BCUT2D eigenvalue weighted by Crippen LogP contribution is -2.21. The molecular formula is C21H19NS. The molecule has 3 aromatic rings. The van der Waals surface area contributed by atoms with Crippen LogP contribution in [0.2, 0.25) is 0 Å². The molecule has 114 valence electrons. The monoisotopic (exact) mass is 317 g/mol. The van der Waals surface area contributed by atoms with Gasteiger partial charge in [-0.25, -0.2) is 0 Å². The van der Waals surface area contributed by atoms with E-state index in [-0.39, 0.29) is 0 Å². The van der Waals surface area contributed by atoms with Crippen molar-refractivity contribution in [3.63, 3.8) is 0 Å². The fraction of sp³-hybridized carbons (Fsp3) is 0.0952. The van der Waals surface area contributed by atoms with Gasteiger partial charge in [0.2, 0.25) is 0 Å². The maximum Gasteiger partial charge on any atom is 0.106 e. The van der Waals surface area contributed by atoms with Crippen molar-refractivity contribution in [1.29, 1.82) is 0 Å². The van der Waals surface area contributed by atoms with E-state index < -0.39 is 0 Å². The number of hydrogen-bond acceptors (Lipinski definition) is 1. The van der Waals surface area contributed by atoms with Gasteiger partial charge in [0.1, 0.15) is 4.99 Å². The summed E-state index contributed by atoms with van der Waals surface area (Å²) in [7, 11) is 0. The Balaban J connectivity index is 1.65. The first-order valence-electron chi connectivity index (χ1n) is 7.71. The van der Waals surface area contributed by atoms with Crippen molar-refractivity contribution in [2.45, 2.75) is 13.5 Å². The van der Waals surface area contributed by atoms with Gasteiger partial charge >= 0.3 is 0 Å². The van der Waals surface area contributed by atoms with Crippen molar-refractivity contribution in [2.24, 2.45) is 0 Å². The van der Waals surface area contributed by atoms with Gasteiger partial charge in [-0.3, -0.25) is 0 Å². The molecule has 0 aliphatic carbocycles. The SMILES string of the molecule is Cc1ccc(CNC(=S)c2ccc(-c3ccccc3)cc2)cc1. The van der Waals surface area contributed by atoms with Crippen LogP contribution >= 0.6 is 12.2 Å². The number of thiocarbonyl (C=S) groups is 1. The van der Waals surface area contributed by atoms with Crippen molar-refractivity contribution in [1.82, 2.24) is 5.32 Å². The molecule has 0 heterocycles. The average Bonchev–Trinajstić information content (AvgIpc) is 2.62. The minimum Gasteiger partial charge on any atom is -0.372 e. The molecule has 0 unspecified atom stereocenters. The van der Waals surface area contributed by atoms with E-state index in [9.17, 15) is 0 Å². The molecular weight excluding hydrogens is 298 g/mol. The van der Waals surface area contributed by atoms with Crippen LogP contribution in [0.25, 0.3) is 11.1 Å². The van der Waals surface area contributed by atoms with E-state index in [2.05, 4.69) is 85.0 Å². The summed E-state index contributed by atoms with van der Waals surface area (Å²) in [5, 5.41) is 3.33. The highest BCUT2D eigenvalue weighted by atomic mass is 32.1. The van der Waals surface area contributed by atoms with Gasteiger partial charge in [0.05, 0.1) is 0 Å². The van der Waals surface area contributed by atoms with Gasteiger partial charge in [0.15, 0.2) is 0 Å². The normalized spacial score (nSPS) is 10.3. The number of benzene rings is 3. The predicted molar refractivity (Wildman–Crippen MR) is 102 cm³/mol. The molecule has 0 radical (unpaired) electrons. The minimum absolute atomic E-state index is 0.750. The zero-order valence-corrected chi connectivity index (χ0v) is 13.9. The summed E-state index contributed by atoms with van der Waals surface area (Å²) in [5.74, 6) is 0. The molecule has 1 N–H and O–H groups in total. The molecule has 23 heavy (non-hydrogen) atoms. The van der Waals surface area contributed by atoms with Crippen LogP contribution < -0.4 is 5.32 Å². The summed E-state index contributed by atoms with van der Waals surface area (Å²) in [6.07, 6.45) is 0. The third-order valence-electron chi connectivity index (χ3n) is 3.83. The van der Waals surface area contributed by atoms with Gasteiger partial charge < -0.3 is 5.32 Å². The summed E-state index contributed by atoms with van der Waals surface area (Å²) in [6, 6.07) is 27.2. The van der Waals surface area contributed by atoms with E-state index >= 15 is 0 Å². The first kappa shape index (κ1) is 15.4. The summed E-state index contributed by atoms with van der Waals surface area (Å²) < 4.78 is 0. The Bertz CT molecular complexity index is 774. The first-order chi connectivity index (χ1) is 11.2. The Hall–Kier alpha value is -2.45. The number of nitrogens with one attached hydrogen (secondary N) is 1. The predicted octanol–water partition coefficient (Wildman–Crippen LogP) is 5.13. The molecule has 0 amide bonds. The van der Waals surface area contributed by atoms with Crippen LogP contribution in [0.5, 0.6) is 0 Å². The largest absolute Gasteiger partial charge is 0.372 e. The fourth-order valence-electron chi connectivity index (χ4n) is 2.43. The maximum atomic E-state index is 5.49. The molecule has 1 nitrogen and oxygen atoms in total. The second-order valence-corrected chi connectivity index (χ2v) is 6.02. The van der Waals surface area contributed by atoms with Gasteiger partial charge in [-0.15, -0.1) is 0 Å². The molecule has 0 aliphatic heterocycles. The van der Waals surface area contributed by atoms with E-state index in [1.165, 1.54) is 22.3 Å². The average molecular weight is 317 g/mol. The van der Waals surface area contributed by atoms with Crippen molar-refractivity contribution < 1.29 is 0 Å². The van der Waals surface area contributed by atoms with Gasteiger partial charge in [-0.05, 0) is 23.6 Å². The fourth-order valence-corrected chi connectivity index (χ4v) is 2.64. The van der Waals surface area contributed by atoms with Gasteiger partial charge in [0, 0.05) is 12.1 Å². The van der Waals surface area contributed by atoms with Crippen LogP contribution in [0, 0.1) is 6.92 Å². The van der Waals surface area contributed by atoms with Crippen LogP contribution in [0.3, 0.4) is 0 Å². The van der Waals surface area contributed by atoms with Gasteiger partial charge in [0.25, 0.3) is 0 Å². The summed E-state index contributed by atoms with van der Waals surface area (Å²) in [5.41, 5.74) is 5.98. The molecule has 0 spiro atoms. The van der Waals surface area contributed by atoms with Crippen LogP contribution in [0.4, 0.5) is 0 Å². The summed E-state index contributed by atoms with van der Waals surface area (Å²) in [4.78, 5) is 0.783. The van der Waals surface area contributed by atoms with Gasteiger partial charge in [-0.1, -0.05) is 96.6 Å². The van der Waals surface area contributed by atoms with Crippen molar-refractivity contribution in [3.05, 3.63) is 95.6 Å². The second-order valence-electron chi connectivity index (χ2n) is 5.61. The Morgan fingerprint density at radius 2 is 1.39 bits per heavy atom. The van der Waals surface area contributed by atoms with Crippen molar-refractivity contribution in [2.75, 3.05) is 0 Å². The lowest BCUT2D eigenvalue weighted by atomic mass is 10.0.